The molecule has 0 radical (unpaired) electrons. The van der Waals surface area contributed by atoms with E-state index in [2.05, 4.69) is 39.8 Å². The largest absolute Gasteiger partial charge is 0.478 e. The highest BCUT2D eigenvalue weighted by Crippen LogP contribution is 2.19. The Kier molecular flexibility index (Phi) is 10.8. The van der Waals surface area contributed by atoms with Crippen LogP contribution < -0.4 is 0 Å². The third-order valence-corrected chi connectivity index (χ3v) is 7.21. The van der Waals surface area contributed by atoms with Crippen LogP contribution in [0.2, 0.25) is 0 Å². The maximum absolute atomic E-state index is 10.9. The van der Waals surface area contributed by atoms with Crippen molar-refractivity contribution in [2.24, 2.45) is 0 Å². The van der Waals surface area contributed by atoms with Crippen molar-refractivity contribution < 1.29 is 32.8 Å². The molecule has 0 bridgehead atoms. The quantitative estimate of drug-likeness (QED) is 0.332. The molecule has 0 fully saturated rings. The lowest BCUT2D eigenvalue weighted by Crippen LogP contribution is -2.06. The normalized spacial score (nSPS) is 10.5. The summed E-state index contributed by atoms with van der Waals surface area (Å²) in [5, 5.41) is 17.5. The minimum atomic E-state index is -4.07. The van der Waals surface area contributed by atoms with Gasteiger partial charge in [0.15, 0.2) is 0 Å². The van der Waals surface area contributed by atoms with Gasteiger partial charge in [-0.2, -0.15) is 8.42 Å². The van der Waals surface area contributed by atoms with Crippen LogP contribution in [0.15, 0.2) is 41.3 Å². The van der Waals surface area contributed by atoms with Crippen LogP contribution in [0, 0.1) is 62.3 Å². The Bertz CT molecular complexity index is 1350. The van der Waals surface area contributed by atoms with Crippen molar-refractivity contribution in [2.45, 2.75) is 67.2 Å². The first-order chi connectivity index (χ1) is 16.9. The number of carbonyl (C=O) groups is 2. The minimum absolute atomic E-state index is 0.00407. The molecule has 37 heavy (non-hydrogen) atoms. The van der Waals surface area contributed by atoms with Crippen LogP contribution in [-0.2, 0) is 10.1 Å². The first-order valence-electron chi connectivity index (χ1n) is 11.5. The van der Waals surface area contributed by atoms with Crippen LogP contribution in [0.5, 0.6) is 0 Å². The predicted octanol–water partition coefficient (Wildman–Crippen LogP) is 6.48. The number of hydrogen-bond donors (Lipinski definition) is 3. The van der Waals surface area contributed by atoms with E-state index in [1.54, 1.807) is 26.8 Å². The number of aromatic carboxylic acids is 2. The smallest absolute Gasteiger partial charge is 0.335 e. The average molecular weight is 529 g/mol. The van der Waals surface area contributed by atoms with E-state index in [0.717, 1.165) is 11.1 Å². The van der Waals surface area contributed by atoms with E-state index < -0.39 is 22.1 Å². The molecule has 0 aliphatic carbocycles. The number of hydrogen-bond acceptors (Lipinski definition) is 4. The molecule has 0 saturated carbocycles. The van der Waals surface area contributed by atoms with Crippen molar-refractivity contribution >= 4 is 22.1 Å². The Balaban J connectivity index is 0.000000281. The summed E-state index contributed by atoms with van der Waals surface area (Å²) in [6.07, 6.45) is 0. The van der Waals surface area contributed by atoms with Gasteiger partial charge in [-0.3, -0.25) is 4.55 Å². The van der Waals surface area contributed by atoms with Crippen LogP contribution in [0.1, 0.15) is 70.8 Å². The van der Waals surface area contributed by atoms with Crippen LogP contribution in [-0.4, -0.2) is 35.1 Å². The van der Waals surface area contributed by atoms with Gasteiger partial charge in [-0.15, -0.1) is 0 Å². The van der Waals surface area contributed by atoms with Gasteiger partial charge in [0.25, 0.3) is 10.1 Å². The standard InChI is InChI=1S/C10H10O4.C10H14.C9H12O3S/c1-5-3-8(10(13)14)6(2)4-7(5)9(11)12;1-7-5-9(3)10(4)6-8(7)2;1-6-4-8(3)9(5-7(6)2)13(10,11)12/h3-4H,1-2H3,(H,11,12)(H,13,14);5-6H,1-4H3;4-5H,1-3H3,(H,10,11,12). The molecule has 3 aromatic rings. The van der Waals surface area contributed by atoms with Gasteiger partial charge in [0, 0.05) is 0 Å². The highest BCUT2D eigenvalue weighted by molar-refractivity contribution is 7.85. The zero-order valence-electron chi connectivity index (χ0n) is 22.8. The molecular formula is C29H36O7S. The van der Waals surface area contributed by atoms with Crippen LogP contribution >= 0.6 is 0 Å². The molecule has 0 unspecified atom stereocenters. The second-order valence-corrected chi connectivity index (χ2v) is 10.7. The number of benzene rings is 3. The highest BCUT2D eigenvalue weighted by Gasteiger charge is 2.14. The zero-order valence-corrected chi connectivity index (χ0v) is 23.7. The molecule has 0 saturated heterocycles. The van der Waals surface area contributed by atoms with Crippen molar-refractivity contribution in [1.29, 1.82) is 0 Å². The Morgan fingerprint density at radius 2 is 0.757 bits per heavy atom. The van der Waals surface area contributed by atoms with Crippen LogP contribution in [0.4, 0.5) is 0 Å². The number of carboxylic acid groups (broad SMARTS) is 2. The highest BCUT2D eigenvalue weighted by atomic mass is 32.2. The summed E-state index contributed by atoms with van der Waals surface area (Å²) in [5.74, 6) is -2.08. The second kappa shape index (κ2) is 12.7. The van der Waals surface area contributed by atoms with E-state index in [4.69, 9.17) is 14.8 Å². The number of aryl methyl sites for hydroxylation is 9. The van der Waals surface area contributed by atoms with Gasteiger partial charge < -0.3 is 10.2 Å². The molecule has 200 valence electrons. The molecule has 7 nitrogen and oxygen atoms in total. The third kappa shape index (κ3) is 8.84. The van der Waals surface area contributed by atoms with Crippen molar-refractivity contribution in [3.05, 3.63) is 97.6 Å². The first-order valence-corrected chi connectivity index (χ1v) is 13.0. The molecule has 3 aromatic carbocycles. The molecule has 3 N–H and O–H groups in total. The molecule has 3 rings (SSSR count). The summed E-state index contributed by atoms with van der Waals surface area (Å²) in [7, 11) is -4.07. The van der Waals surface area contributed by atoms with Crippen LogP contribution in [0.3, 0.4) is 0 Å². The Labute approximate surface area is 219 Å². The molecule has 0 amide bonds. The van der Waals surface area contributed by atoms with Crippen molar-refractivity contribution in [3.8, 4) is 0 Å². The maximum Gasteiger partial charge on any atom is 0.335 e. The Hall–Kier alpha value is -3.49. The summed E-state index contributed by atoms with van der Waals surface area (Å²) in [6, 6.07) is 10.5. The van der Waals surface area contributed by atoms with Crippen molar-refractivity contribution in [1.82, 2.24) is 0 Å². The lowest BCUT2D eigenvalue weighted by atomic mass is 10.0. The maximum atomic E-state index is 10.9. The van der Waals surface area contributed by atoms with Gasteiger partial charge in [0.05, 0.1) is 16.0 Å². The van der Waals surface area contributed by atoms with Crippen molar-refractivity contribution in [2.75, 3.05) is 0 Å². The molecule has 0 aliphatic rings. The lowest BCUT2D eigenvalue weighted by Gasteiger charge is -2.06. The lowest BCUT2D eigenvalue weighted by molar-refractivity contribution is 0.0679. The van der Waals surface area contributed by atoms with E-state index in [0.29, 0.717) is 16.7 Å². The fraction of sp³-hybridized carbons (Fsp3) is 0.310. The zero-order chi connectivity index (χ0) is 28.8. The van der Waals surface area contributed by atoms with Gasteiger partial charge in [-0.25, -0.2) is 9.59 Å². The number of carboxylic acids is 2. The molecule has 0 aliphatic heterocycles. The van der Waals surface area contributed by atoms with Gasteiger partial charge in [0.2, 0.25) is 0 Å². The van der Waals surface area contributed by atoms with Gasteiger partial charge in [0.1, 0.15) is 0 Å². The first kappa shape index (κ1) is 31.5. The van der Waals surface area contributed by atoms with Gasteiger partial charge in [-0.05, 0) is 131 Å². The fourth-order valence-electron chi connectivity index (χ4n) is 3.59. The summed E-state index contributed by atoms with van der Waals surface area (Å²) in [5.41, 5.74) is 9.23. The Morgan fingerprint density at radius 1 is 0.486 bits per heavy atom. The van der Waals surface area contributed by atoms with E-state index in [9.17, 15) is 18.0 Å². The monoisotopic (exact) mass is 528 g/mol. The van der Waals surface area contributed by atoms with Gasteiger partial charge >= 0.3 is 11.9 Å². The van der Waals surface area contributed by atoms with Crippen LogP contribution in [0.25, 0.3) is 0 Å². The summed E-state index contributed by atoms with van der Waals surface area (Å²) >= 11 is 0. The average Bonchev–Trinajstić information content (AvgIpc) is 2.76. The molecule has 0 heterocycles. The molecular weight excluding hydrogens is 492 g/mol. The Morgan fingerprint density at radius 3 is 1.03 bits per heavy atom. The summed E-state index contributed by atoms with van der Waals surface area (Å²) in [4.78, 5) is 21.4. The van der Waals surface area contributed by atoms with Crippen molar-refractivity contribution in [3.63, 3.8) is 0 Å². The number of rotatable bonds is 3. The third-order valence-electron chi connectivity index (χ3n) is 6.21. The minimum Gasteiger partial charge on any atom is -0.478 e. The van der Waals surface area contributed by atoms with E-state index in [1.165, 1.54) is 40.5 Å². The van der Waals surface area contributed by atoms with E-state index >= 15 is 0 Å². The van der Waals surface area contributed by atoms with E-state index in [1.807, 2.05) is 13.8 Å². The predicted molar refractivity (Wildman–Crippen MR) is 146 cm³/mol. The fourth-order valence-corrected chi connectivity index (χ4v) is 4.39. The molecule has 0 atom stereocenters. The van der Waals surface area contributed by atoms with Gasteiger partial charge in [-0.1, -0.05) is 18.2 Å². The SMILES string of the molecule is Cc1cc(C(=O)O)c(C)cc1C(=O)O.Cc1cc(C)c(C)cc1C.Cc1cc(C)c(S(=O)(=O)O)cc1C. The summed E-state index contributed by atoms with van der Waals surface area (Å²) < 4.78 is 30.6. The molecule has 8 heteroatoms. The molecule has 0 aromatic heterocycles. The topological polar surface area (TPSA) is 129 Å². The summed E-state index contributed by atoms with van der Waals surface area (Å²) in [6.45, 7) is 17.1. The molecule has 0 spiro atoms. The van der Waals surface area contributed by atoms with E-state index in [-0.39, 0.29) is 16.0 Å². The second-order valence-electron chi connectivity index (χ2n) is 9.29.